The van der Waals surface area contributed by atoms with Gasteiger partial charge in [0, 0.05) is 60.3 Å². The third kappa shape index (κ3) is 9.24. The summed E-state index contributed by atoms with van der Waals surface area (Å²) < 4.78 is 0. The highest BCUT2D eigenvalue weighted by molar-refractivity contribution is 7.13. The van der Waals surface area contributed by atoms with Gasteiger partial charge in [0.25, 0.3) is 5.91 Å². The molecule has 0 bridgehead atoms. The molecular formula is C37H51N5O2S. The van der Waals surface area contributed by atoms with Gasteiger partial charge in [-0.2, -0.15) is 5.06 Å². The Morgan fingerprint density at radius 2 is 1.64 bits per heavy atom. The molecule has 1 N–H and O–H groups in total. The first-order chi connectivity index (χ1) is 22.2. The molecule has 45 heavy (non-hydrogen) atoms. The Hall–Kier alpha value is -3.07. The van der Waals surface area contributed by atoms with Gasteiger partial charge in [-0.15, -0.1) is 11.3 Å². The number of carbonyl (C=O) groups excluding carboxylic acids is 1. The van der Waals surface area contributed by atoms with Gasteiger partial charge in [-0.3, -0.25) is 14.6 Å². The zero-order valence-electron chi connectivity index (χ0n) is 27.3. The molecule has 1 unspecified atom stereocenters. The molecule has 4 aromatic rings. The van der Waals surface area contributed by atoms with Crippen molar-refractivity contribution in [2.75, 3.05) is 19.6 Å². The lowest BCUT2D eigenvalue weighted by molar-refractivity contribution is -0.235. The summed E-state index contributed by atoms with van der Waals surface area (Å²) in [5, 5.41) is 5.10. The summed E-state index contributed by atoms with van der Waals surface area (Å²) in [5.74, 6) is 0.0886. The van der Waals surface area contributed by atoms with E-state index in [-0.39, 0.29) is 18.1 Å². The molecule has 2 atom stereocenters. The van der Waals surface area contributed by atoms with Gasteiger partial charge < -0.3 is 9.88 Å². The van der Waals surface area contributed by atoms with Crippen LogP contribution in [-0.2, 0) is 4.84 Å². The maximum atomic E-state index is 13.1. The van der Waals surface area contributed by atoms with Gasteiger partial charge in [0.1, 0.15) is 11.1 Å². The van der Waals surface area contributed by atoms with Crippen molar-refractivity contribution in [2.24, 2.45) is 0 Å². The van der Waals surface area contributed by atoms with Gasteiger partial charge in [-0.25, -0.2) is 4.98 Å². The van der Waals surface area contributed by atoms with Crippen LogP contribution < -0.4 is 0 Å². The Kier molecular flexibility index (Phi) is 13.0. The molecule has 1 aliphatic rings. The first kappa shape index (κ1) is 33.3. The summed E-state index contributed by atoms with van der Waals surface area (Å²) >= 11 is 1.64. The molecule has 3 aromatic heterocycles. The lowest BCUT2D eigenvalue weighted by atomic mass is 10.0. The number of thiazole rings is 1. The summed E-state index contributed by atoms with van der Waals surface area (Å²) in [6, 6.07) is 11.7. The van der Waals surface area contributed by atoms with E-state index < -0.39 is 0 Å². The lowest BCUT2D eigenvalue weighted by Crippen LogP contribution is -2.53. The molecule has 0 aliphatic carbocycles. The maximum Gasteiger partial charge on any atom is 0.253 e. The van der Waals surface area contributed by atoms with Crippen LogP contribution in [0.25, 0.3) is 21.6 Å². The normalized spacial score (nSPS) is 16.4. The number of unbranched alkanes of at least 4 members (excludes halogenated alkanes) is 11. The van der Waals surface area contributed by atoms with E-state index in [1.165, 1.54) is 70.6 Å². The van der Waals surface area contributed by atoms with E-state index in [0.29, 0.717) is 19.6 Å². The number of nitrogens with one attached hydrogen (secondary N) is 1. The Balaban J connectivity index is 1.19. The van der Waals surface area contributed by atoms with Gasteiger partial charge in [-0.1, -0.05) is 102 Å². The number of hydroxylamine groups is 2. The molecule has 4 heterocycles. The van der Waals surface area contributed by atoms with Crippen LogP contribution in [-0.4, -0.2) is 56.5 Å². The van der Waals surface area contributed by atoms with Crippen LogP contribution in [0, 0.1) is 0 Å². The van der Waals surface area contributed by atoms with E-state index >= 15 is 0 Å². The van der Waals surface area contributed by atoms with E-state index in [4.69, 9.17) is 9.82 Å². The third-order valence-corrected chi connectivity index (χ3v) is 9.87. The van der Waals surface area contributed by atoms with Crippen LogP contribution in [0.3, 0.4) is 0 Å². The minimum absolute atomic E-state index is 0.0833. The number of carbonyl (C=O) groups is 1. The summed E-state index contributed by atoms with van der Waals surface area (Å²) in [4.78, 5) is 34.8. The maximum absolute atomic E-state index is 13.1. The summed E-state index contributed by atoms with van der Waals surface area (Å²) in [6.45, 7) is 6.39. The van der Waals surface area contributed by atoms with Gasteiger partial charge in [0.05, 0.1) is 17.1 Å². The quantitative estimate of drug-likeness (QED) is 0.111. The molecule has 1 aliphatic heterocycles. The largest absolute Gasteiger partial charge is 0.359 e. The van der Waals surface area contributed by atoms with Crippen LogP contribution in [0.1, 0.15) is 119 Å². The number of rotatable bonds is 18. The highest BCUT2D eigenvalue weighted by atomic mass is 32.1. The number of aromatic nitrogens is 3. The molecule has 7 nitrogen and oxygen atoms in total. The minimum Gasteiger partial charge on any atom is -0.359 e. The zero-order valence-corrected chi connectivity index (χ0v) is 28.1. The van der Waals surface area contributed by atoms with Crippen LogP contribution in [0.15, 0.2) is 60.4 Å². The van der Waals surface area contributed by atoms with Crippen molar-refractivity contribution < 1.29 is 9.63 Å². The molecule has 1 amide bonds. The molecule has 0 radical (unpaired) electrons. The number of aromatic amines is 1. The Morgan fingerprint density at radius 3 is 2.31 bits per heavy atom. The fraction of sp³-hybridized carbons (Fsp3) is 0.541. The topological polar surface area (TPSA) is 74.3 Å². The molecule has 0 saturated carbocycles. The van der Waals surface area contributed by atoms with E-state index in [1.807, 2.05) is 59.1 Å². The molecule has 5 rings (SSSR count). The molecule has 0 spiro atoms. The molecular weight excluding hydrogens is 579 g/mol. The fourth-order valence-corrected chi connectivity index (χ4v) is 7.14. The number of H-pyrrole nitrogens is 1. The SMILES string of the molecule is CCCCCCCCCCCCCCC(ON1CCN(C(=O)c2ccccc2)C[C@H]1C)c1c[nH]c2c(-c3nccs3)ccnc12. The molecule has 242 valence electrons. The third-order valence-electron chi connectivity index (χ3n) is 9.06. The number of hydrogen-bond donors (Lipinski definition) is 1. The highest BCUT2D eigenvalue weighted by Gasteiger charge is 2.31. The monoisotopic (exact) mass is 629 g/mol. The first-order valence-electron chi connectivity index (χ1n) is 17.3. The number of hydrogen-bond acceptors (Lipinski definition) is 6. The van der Waals surface area contributed by atoms with Crippen LogP contribution in [0.4, 0.5) is 0 Å². The second kappa shape index (κ2) is 17.6. The molecule has 1 saturated heterocycles. The highest BCUT2D eigenvalue weighted by Crippen LogP contribution is 2.35. The second-order valence-electron chi connectivity index (χ2n) is 12.5. The second-order valence-corrected chi connectivity index (χ2v) is 13.4. The summed E-state index contributed by atoms with van der Waals surface area (Å²) in [5.41, 5.74) is 4.88. The molecule has 1 fully saturated rings. The van der Waals surface area contributed by atoms with Crippen LogP contribution in [0.5, 0.6) is 0 Å². The number of amides is 1. The van der Waals surface area contributed by atoms with E-state index in [2.05, 4.69) is 35.1 Å². The number of pyridine rings is 1. The van der Waals surface area contributed by atoms with Crippen molar-refractivity contribution in [1.82, 2.24) is 24.9 Å². The Labute approximate surface area is 273 Å². The van der Waals surface area contributed by atoms with Crippen LogP contribution >= 0.6 is 11.3 Å². The van der Waals surface area contributed by atoms with E-state index in [1.54, 1.807) is 11.3 Å². The van der Waals surface area contributed by atoms with Crippen molar-refractivity contribution in [3.8, 4) is 10.6 Å². The number of benzene rings is 1. The average Bonchev–Trinajstić information content (AvgIpc) is 3.76. The van der Waals surface area contributed by atoms with Crippen molar-refractivity contribution in [3.63, 3.8) is 0 Å². The number of fused-ring (bicyclic) bond motifs is 1. The lowest BCUT2D eigenvalue weighted by Gasteiger charge is -2.40. The van der Waals surface area contributed by atoms with Crippen LogP contribution in [0.2, 0.25) is 0 Å². The zero-order chi connectivity index (χ0) is 31.3. The minimum atomic E-state index is -0.111. The van der Waals surface area contributed by atoms with Gasteiger partial charge in [0.2, 0.25) is 0 Å². The number of piperazine rings is 1. The average molecular weight is 630 g/mol. The number of nitrogens with zero attached hydrogens (tertiary/aromatic N) is 4. The van der Waals surface area contributed by atoms with E-state index in [0.717, 1.165) is 45.6 Å². The van der Waals surface area contributed by atoms with Crippen molar-refractivity contribution in [1.29, 1.82) is 0 Å². The van der Waals surface area contributed by atoms with Gasteiger partial charge in [-0.05, 0) is 31.5 Å². The predicted octanol–water partition coefficient (Wildman–Crippen LogP) is 9.60. The van der Waals surface area contributed by atoms with Crippen molar-refractivity contribution in [2.45, 2.75) is 109 Å². The fourth-order valence-electron chi connectivity index (χ4n) is 6.47. The smallest absolute Gasteiger partial charge is 0.253 e. The van der Waals surface area contributed by atoms with Crippen molar-refractivity contribution >= 4 is 28.3 Å². The van der Waals surface area contributed by atoms with Gasteiger partial charge >= 0.3 is 0 Å². The summed E-state index contributed by atoms with van der Waals surface area (Å²) in [7, 11) is 0. The Bertz CT molecular complexity index is 1420. The van der Waals surface area contributed by atoms with E-state index in [9.17, 15) is 4.79 Å². The predicted molar refractivity (Wildman–Crippen MR) is 185 cm³/mol. The molecule has 1 aromatic carbocycles. The van der Waals surface area contributed by atoms with Gasteiger partial charge in [0.15, 0.2) is 0 Å². The molecule has 8 heteroatoms. The standard InChI is InChI=1S/C37H51N5O2S/c1-3-4-5-6-7-8-9-10-11-12-13-17-20-33(32-27-40-34-31(21-22-38-35(32)34)36-39-23-26-45-36)44-42-25-24-41(28-29(42)2)37(43)30-18-15-14-16-19-30/h14-16,18-19,21-23,26-27,29,33,40H,3-13,17,20,24-25,28H2,1-2H3/t29-,33?/m1/s1. The summed E-state index contributed by atoms with van der Waals surface area (Å²) in [6.07, 6.45) is 22.6. The Morgan fingerprint density at radius 1 is 0.933 bits per heavy atom. The van der Waals surface area contributed by atoms with Crippen molar-refractivity contribution in [3.05, 3.63) is 71.5 Å². The first-order valence-corrected chi connectivity index (χ1v) is 18.2.